The molecule has 0 amide bonds. The van der Waals surface area contributed by atoms with E-state index in [9.17, 15) is 5.11 Å². The molecule has 1 aliphatic carbocycles. The fraction of sp³-hybridized carbons (Fsp3) is 0.647. The number of anilines is 1. The molecule has 3 N–H and O–H groups in total. The average molecular weight is 319 g/mol. The van der Waals surface area contributed by atoms with Crippen LogP contribution in [0.25, 0.3) is 0 Å². The molecule has 6 heteroatoms. The number of hydrogen-bond donors (Lipinski definition) is 3. The molecule has 0 spiro atoms. The number of aliphatic hydroxyl groups is 1. The van der Waals surface area contributed by atoms with Crippen LogP contribution in [0.3, 0.4) is 0 Å². The van der Waals surface area contributed by atoms with Gasteiger partial charge in [0.25, 0.3) is 0 Å². The van der Waals surface area contributed by atoms with Gasteiger partial charge in [0.2, 0.25) is 0 Å². The number of rotatable bonds is 5. The first-order valence-electron chi connectivity index (χ1n) is 8.44. The lowest BCUT2D eigenvalue weighted by molar-refractivity contribution is 0.120. The molecule has 23 heavy (non-hydrogen) atoms. The molecule has 0 atom stereocenters. The van der Waals surface area contributed by atoms with Crippen LogP contribution in [0.1, 0.15) is 38.2 Å². The molecule has 2 rings (SSSR count). The van der Waals surface area contributed by atoms with E-state index in [0.29, 0.717) is 12.6 Å². The van der Waals surface area contributed by atoms with Crippen LogP contribution in [-0.4, -0.2) is 48.8 Å². The van der Waals surface area contributed by atoms with Crippen LogP contribution in [-0.2, 0) is 6.54 Å². The predicted octanol–water partition coefficient (Wildman–Crippen LogP) is 1.51. The van der Waals surface area contributed by atoms with E-state index in [-0.39, 0.29) is 6.10 Å². The molecule has 1 saturated carbocycles. The van der Waals surface area contributed by atoms with Crippen LogP contribution >= 0.6 is 0 Å². The maximum absolute atomic E-state index is 9.61. The van der Waals surface area contributed by atoms with Gasteiger partial charge in [-0.3, -0.25) is 0 Å². The van der Waals surface area contributed by atoms with E-state index in [2.05, 4.69) is 28.6 Å². The molecule has 1 aromatic rings. The molecule has 128 valence electrons. The Hall–Kier alpha value is -1.82. The molecule has 0 aromatic carbocycles. The molecule has 1 fully saturated rings. The Balaban J connectivity index is 2.01. The van der Waals surface area contributed by atoms with E-state index in [1.807, 2.05) is 25.1 Å². The molecule has 1 aliphatic rings. The largest absolute Gasteiger partial charge is 0.393 e. The summed E-state index contributed by atoms with van der Waals surface area (Å²) in [4.78, 5) is 11.1. The van der Waals surface area contributed by atoms with Gasteiger partial charge in [0.1, 0.15) is 5.82 Å². The second-order valence-electron chi connectivity index (χ2n) is 6.23. The summed E-state index contributed by atoms with van der Waals surface area (Å²) >= 11 is 0. The number of hydrogen-bond acceptors (Lipinski definition) is 4. The monoisotopic (exact) mass is 319 g/mol. The molecular formula is C17H29N5O. The fourth-order valence-electron chi connectivity index (χ4n) is 2.85. The molecule has 0 bridgehead atoms. The lowest BCUT2D eigenvalue weighted by atomic mass is 9.93. The third-order valence-electron chi connectivity index (χ3n) is 4.08. The molecule has 0 saturated heterocycles. The van der Waals surface area contributed by atoms with Crippen molar-refractivity contribution in [2.45, 2.75) is 51.3 Å². The van der Waals surface area contributed by atoms with E-state index in [0.717, 1.165) is 49.6 Å². The number of aliphatic hydroxyl groups excluding tert-OH is 1. The molecular weight excluding hydrogens is 290 g/mol. The zero-order chi connectivity index (χ0) is 16.7. The minimum Gasteiger partial charge on any atom is -0.393 e. The standard InChI is InChI=1S/C17H29N5O/c1-4-18-17(21-14-7-9-15(23)10-8-14)20-12-13-6-5-11-19-16(13)22(2)3/h5-6,11,14-15,23H,4,7-10,12H2,1-3H3,(H2,18,20,21). The predicted molar refractivity (Wildman–Crippen MR) is 94.8 cm³/mol. The van der Waals surface area contributed by atoms with Gasteiger partial charge < -0.3 is 20.6 Å². The smallest absolute Gasteiger partial charge is 0.191 e. The van der Waals surface area contributed by atoms with Crippen molar-refractivity contribution < 1.29 is 5.11 Å². The van der Waals surface area contributed by atoms with Crippen molar-refractivity contribution in [2.75, 3.05) is 25.5 Å². The van der Waals surface area contributed by atoms with Crippen LogP contribution < -0.4 is 15.5 Å². The van der Waals surface area contributed by atoms with E-state index >= 15 is 0 Å². The Morgan fingerprint density at radius 2 is 2.09 bits per heavy atom. The minimum absolute atomic E-state index is 0.134. The Bertz CT molecular complexity index is 509. The topological polar surface area (TPSA) is 72.8 Å². The molecule has 0 radical (unpaired) electrons. The maximum atomic E-state index is 9.61. The van der Waals surface area contributed by atoms with Crippen molar-refractivity contribution in [3.63, 3.8) is 0 Å². The van der Waals surface area contributed by atoms with Crippen molar-refractivity contribution in [3.05, 3.63) is 23.9 Å². The Morgan fingerprint density at radius 1 is 1.35 bits per heavy atom. The van der Waals surface area contributed by atoms with Crippen molar-refractivity contribution in [1.82, 2.24) is 15.6 Å². The number of guanidine groups is 1. The number of nitrogens with zero attached hydrogens (tertiary/aromatic N) is 3. The Kier molecular flexibility index (Phi) is 6.65. The zero-order valence-electron chi connectivity index (χ0n) is 14.4. The summed E-state index contributed by atoms with van der Waals surface area (Å²) < 4.78 is 0. The van der Waals surface area contributed by atoms with Gasteiger partial charge >= 0.3 is 0 Å². The SMILES string of the molecule is CCNC(=NCc1cccnc1N(C)C)NC1CCC(O)CC1. The highest BCUT2D eigenvalue weighted by molar-refractivity contribution is 5.80. The highest BCUT2D eigenvalue weighted by atomic mass is 16.3. The van der Waals surface area contributed by atoms with Crippen molar-refractivity contribution >= 4 is 11.8 Å². The maximum Gasteiger partial charge on any atom is 0.191 e. The summed E-state index contributed by atoms with van der Waals surface area (Å²) in [5.74, 6) is 1.79. The van der Waals surface area contributed by atoms with Crippen LogP contribution in [0, 0.1) is 0 Å². The summed E-state index contributed by atoms with van der Waals surface area (Å²) in [6, 6.07) is 4.39. The third kappa shape index (κ3) is 5.39. The third-order valence-corrected chi connectivity index (χ3v) is 4.08. The molecule has 6 nitrogen and oxygen atoms in total. The molecule has 0 aliphatic heterocycles. The Labute approximate surface area is 139 Å². The fourth-order valence-corrected chi connectivity index (χ4v) is 2.85. The lowest BCUT2D eigenvalue weighted by Gasteiger charge is -2.27. The van der Waals surface area contributed by atoms with Gasteiger partial charge in [-0.05, 0) is 38.7 Å². The van der Waals surface area contributed by atoms with Gasteiger partial charge in [-0.15, -0.1) is 0 Å². The van der Waals surface area contributed by atoms with Gasteiger partial charge in [-0.25, -0.2) is 9.98 Å². The highest BCUT2D eigenvalue weighted by Gasteiger charge is 2.20. The molecule has 0 unspecified atom stereocenters. The van der Waals surface area contributed by atoms with Crippen LogP contribution in [0.2, 0.25) is 0 Å². The van der Waals surface area contributed by atoms with Gasteiger partial charge in [-0.2, -0.15) is 0 Å². The van der Waals surface area contributed by atoms with Crippen molar-refractivity contribution in [3.8, 4) is 0 Å². The van der Waals surface area contributed by atoms with Crippen molar-refractivity contribution in [1.29, 1.82) is 0 Å². The number of aromatic nitrogens is 1. The van der Waals surface area contributed by atoms with E-state index in [4.69, 9.17) is 4.99 Å². The van der Waals surface area contributed by atoms with Crippen LogP contribution in [0.15, 0.2) is 23.3 Å². The van der Waals surface area contributed by atoms with Crippen LogP contribution in [0.5, 0.6) is 0 Å². The average Bonchev–Trinajstić information content (AvgIpc) is 2.55. The summed E-state index contributed by atoms with van der Waals surface area (Å²) in [5.41, 5.74) is 1.11. The van der Waals surface area contributed by atoms with E-state index < -0.39 is 0 Å². The lowest BCUT2D eigenvalue weighted by Crippen LogP contribution is -2.45. The molecule has 1 heterocycles. The molecule has 1 aromatic heterocycles. The summed E-state index contributed by atoms with van der Waals surface area (Å²) in [5, 5.41) is 16.4. The zero-order valence-corrected chi connectivity index (χ0v) is 14.4. The number of pyridine rings is 1. The highest BCUT2D eigenvalue weighted by Crippen LogP contribution is 2.18. The first kappa shape index (κ1) is 17.5. The van der Waals surface area contributed by atoms with Crippen LogP contribution in [0.4, 0.5) is 5.82 Å². The summed E-state index contributed by atoms with van der Waals surface area (Å²) in [6.07, 6.45) is 5.38. The quantitative estimate of drug-likeness (QED) is 0.567. The second-order valence-corrected chi connectivity index (χ2v) is 6.23. The van der Waals surface area contributed by atoms with Gasteiger partial charge in [-0.1, -0.05) is 6.07 Å². The Morgan fingerprint density at radius 3 is 2.74 bits per heavy atom. The van der Waals surface area contributed by atoms with E-state index in [1.54, 1.807) is 6.20 Å². The summed E-state index contributed by atoms with van der Waals surface area (Å²) in [7, 11) is 3.98. The first-order chi connectivity index (χ1) is 11.1. The first-order valence-corrected chi connectivity index (χ1v) is 8.44. The number of nitrogens with one attached hydrogen (secondary N) is 2. The minimum atomic E-state index is -0.134. The second kappa shape index (κ2) is 8.72. The normalized spacial score (nSPS) is 21.8. The van der Waals surface area contributed by atoms with E-state index in [1.165, 1.54) is 0 Å². The van der Waals surface area contributed by atoms with Gasteiger partial charge in [0.05, 0.1) is 12.6 Å². The van der Waals surface area contributed by atoms with Crippen molar-refractivity contribution in [2.24, 2.45) is 4.99 Å². The number of aliphatic imine (C=N–C) groups is 1. The summed E-state index contributed by atoms with van der Waals surface area (Å²) in [6.45, 7) is 3.48. The van der Waals surface area contributed by atoms with Gasteiger partial charge in [0.15, 0.2) is 5.96 Å². The van der Waals surface area contributed by atoms with Gasteiger partial charge in [0, 0.05) is 38.4 Å².